The van der Waals surface area contributed by atoms with Gasteiger partial charge in [-0.2, -0.15) is 0 Å². The summed E-state index contributed by atoms with van der Waals surface area (Å²) in [4.78, 5) is 28.9. The second kappa shape index (κ2) is 7.29. The molecule has 1 aromatic heterocycles. The Morgan fingerprint density at radius 2 is 1.96 bits per heavy atom. The van der Waals surface area contributed by atoms with Gasteiger partial charge in [0, 0.05) is 18.2 Å². The van der Waals surface area contributed by atoms with Gasteiger partial charge in [-0.1, -0.05) is 50.1 Å². The summed E-state index contributed by atoms with van der Waals surface area (Å²) in [6.45, 7) is 2.53. The van der Waals surface area contributed by atoms with Crippen molar-refractivity contribution in [2.45, 2.75) is 32.3 Å². The maximum absolute atomic E-state index is 13.0. The van der Waals surface area contributed by atoms with Crippen LogP contribution in [0.3, 0.4) is 0 Å². The first-order valence-electron chi connectivity index (χ1n) is 8.30. The van der Waals surface area contributed by atoms with Crippen LogP contribution in [0.1, 0.15) is 37.9 Å². The van der Waals surface area contributed by atoms with Crippen LogP contribution < -0.4 is 9.64 Å². The van der Waals surface area contributed by atoms with Gasteiger partial charge in [0.25, 0.3) is 11.7 Å². The zero-order valence-electron chi connectivity index (χ0n) is 13.9. The van der Waals surface area contributed by atoms with Gasteiger partial charge in [0.2, 0.25) is 6.10 Å². The van der Waals surface area contributed by atoms with E-state index in [2.05, 4.69) is 11.9 Å². The Balaban J connectivity index is 1.99. The summed E-state index contributed by atoms with van der Waals surface area (Å²) in [5.74, 6) is 0.0645. The topological polar surface area (TPSA) is 85.6 Å². The van der Waals surface area contributed by atoms with Crippen LogP contribution >= 0.6 is 0 Å². The third-order valence-corrected chi connectivity index (χ3v) is 4.09. The minimum atomic E-state index is -0.765. The summed E-state index contributed by atoms with van der Waals surface area (Å²) in [6, 6.07) is 12.0. The number of pyridine rings is 1. The smallest absolute Gasteiger partial charge is 0.366 e. The van der Waals surface area contributed by atoms with E-state index in [1.54, 1.807) is 0 Å². The fourth-order valence-corrected chi connectivity index (χ4v) is 2.81. The van der Waals surface area contributed by atoms with Crippen molar-refractivity contribution >= 4 is 17.5 Å². The normalized spacial score (nSPS) is 16.3. The number of hydrogen-bond donors (Lipinski definition) is 0. The quantitative estimate of drug-likeness (QED) is 0.455. The molecule has 0 saturated carbocycles. The number of nitrogens with zero attached hydrogens (tertiary/aromatic N) is 3. The lowest BCUT2D eigenvalue weighted by Gasteiger charge is -2.31. The van der Waals surface area contributed by atoms with Crippen molar-refractivity contribution < 1.29 is 14.5 Å². The Morgan fingerprint density at radius 3 is 2.64 bits per heavy atom. The Bertz CT molecular complexity index is 779. The van der Waals surface area contributed by atoms with Gasteiger partial charge in [0.15, 0.2) is 5.75 Å². The fourth-order valence-electron chi connectivity index (χ4n) is 2.81. The fraction of sp³-hybridized carbons (Fsp3) is 0.333. The van der Waals surface area contributed by atoms with Gasteiger partial charge in [-0.25, -0.2) is 0 Å². The molecule has 0 saturated heterocycles. The van der Waals surface area contributed by atoms with E-state index in [0.717, 1.165) is 24.8 Å². The van der Waals surface area contributed by atoms with E-state index in [-0.39, 0.29) is 17.5 Å². The van der Waals surface area contributed by atoms with Gasteiger partial charge in [0.1, 0.15) is 0 Å². The minimum Gasteiger partial charge on any atom is -0.469 e. The number of nitro groups is 1. The van der Waals surface area contributed by atoms with E-state index in [1.165, 1.54) is 17.0 Å². The summed E-state index contributed by atoms with van der Waals surface area (Å²) in [7, 11) is 0. The Labute approximate surface area is 145 Å². The number of rotatable bonds is 6. The van der Waals surface area contributed by atoms with Crippen LogP contribution in [0.15, 0.2) is 42.5 Å². The van der Waals surface area contributed by atoms with Crippen molar-refractivity contribution in [3.8, 4) is 5.75 Å². The van der Waals surface area contributed by atoms with Crippen molar-refractivity contribution in [1.29, 1.82) is 0 Å². The molecule has 0 radical (unpaired) electrons. The number of ether oxygens (including phenoxy) is 1. The molecule has 7 heteroatoms. The molecule has 130 valence electrons. The molecule has 1 aliphatic rings. The third-order valence-electron chi connectivity index (χ3n) is 4.09. The maximum Gasteiger partial charge on any atom is 0.366 e. The van der Waals surface area contributed by atoms with Crippen LogP contribution in [-0.4, -0.2) is 22.4 Å². The lowest BCUT2D eigenvalue weighted by atomic mass is 10.1. The Morgan fingerprint density at radius 1 is 1.20 bits per heavy atom. The standard InChI is InChI=1S/C18H19N3O4/c1-2-3-7-12-20-17-14(10-11-15(19-17)21(23)24)25-16(18(20)22)13-8-5-4-6-9-13/h4-6,8-11,16H,2-3,7,12H2,1H3. The molecule has 2 aromatic rings. The Kier molecular flexibility index (Phi) is 4.92. The van der Waals surface area contributed by atoms with Crippen LogP contribution in [0.5, 0.6) is 5.75 Å². The highest BCUT2D eigenvalue weighted by atomic mass is 16.6. The van der Waals surface area contributed by atoms with E-state index in [0.29, 0.717) is 12.3 Å². The van der Waals surface area contributed by atoms with Crippen LogP contribution in [0.25, 0.3) is 0 Å². The number of fused-ring (bicyclic) bond motifs is 1. The molecule has 0 spiro atoms. The summed E-state index contributed by atoms with van der Waals surface area (Å²) in [5.41, 5.74) is 0.747. The maximum atomic E-state index is 13.0. The highest BCUT2D eigenvalue weighted by Crippen LogP contribution is 2.38. The van der Waals surface area contributed by atoms with Crippen LogP contribution in [0.4, 0.5) is 11.6 Å². The average Bonchev–Trinajstić information content (AvgIpc) is 2.63. The summed E-state index contributed by atoms with van der Waals surface area (Å²) < 4.78 is 5.83. The van der Waals surface area contributed by atoms with E-state index in [9.17, 15) is 14.9 Å². The van der Waals surface area contributed by atoms with E-state index in [1.807, 2.05) is 30.3 Å². The van der Waals surface area contributed by atoms with Gasteiger partial charge in [-0.05, 0) is 22.4 Å². The van der Waals surface area contributed by atoms with Crippen LogP contribution in [-0.2, 0) is 4.79 Å². The number of aromatic nitrogens is 1. The molecular weight excluding hydrogens is 322 g/mol. The number of unbranched alkanes of at least 4 members (excludes halogenated alkanes) is 2. The minimum absolute atomic E-state index is 0.225. The lowest BCUT2D eigenvalue weighted by Crippen LogP contribution is -2.42. The molecule has 1 aliphatic heterocycles. The molecule has 1 unspecified atom stereocenters. The van der Waals surface area contributed by atoms with Gasteiger partial charge in [-0.3, -0.25) is 9.69 Å². The largest absolute Gasteiger partial charge is 0.469 e. The van der Waals surface area contributed by atoms with Gasteiger partial charge >= 0.3 is 5.82 Å². The van der Waals surface area contributed by atoms with E-state index in [4.69, 9.17) is 4.74 Å². The van der Waals surface area contributed by atoms with Crippen molar-refractivity contribution in [2.75, 3.05) is 11.4 Å². The first kappa shape index (κ1) is 16.9. The molecule has 1 atom stereocenters. The predicted octanol–water partition coefficient (Wildman–Crippen LogP) is 3.65. The van der Waals surface area contributed by atoms with Crippen molar-refractivity contribution in [3.05, 3.63) is 58.1 Å². The molecule has 0 N–H and O–H groups in total. The summed E-state index contributed by atoms with van der Waals surface area (Å²) in [5, 5.41) is 11.0. The van der Waals surface area contributed by atoms with Gasteiger partial charge < -0.3 is 14.9 Å². The summed E-state index contributed by atoms with van der Waals surface area (Å²) >= 11 is 0. The monoisotopic (exact) mass is 341 g/mol. The van der Waals surface area contributed by atoms with Crippen LogP contribution in [0.2, 0.25) is 0 Å². The van der Waals surface area contributed by atoms with Gasteiger partial charge in [0.05, 0.1) is 0 Å². The average molecular weight is 341 g/mol. The number of hydrogen-bond acceptors (Lipinski definition) is 5. The molecule has 2 heterocycles. The zero-order chi connectivity index (χ0) is 17.8. The van der Waals surface area contributed by atoms with Crippen molar-refractivity contribution in [3.63, 3.8) is 0 Å². The molecule has 0 fully saturated rings. The first-order chi connectivity index (χ1) is 12.1. The zero-order valence-corrected chi connectivity index (χ0v) is 13.9. The lowest BCUT2D eigenvalue weighted by molar-refractivity contribution is -0.389. The number of amides is 1. The number of benzene rings is 1. The highest BCUT2D eigenvalue weighted by Gasteiger charge is 2.39. The molecule has 0 aliphatic carbocycles. The second-order valence-corrected chi connectivity index (χ2v) is 5.85. The molecular formula is C18H19N3O4. The molecule has 25 heavy (non-hydrogen) atoms. The molecule has 1 amide bonds. The number of carbonyl (C=O) groups is 1. The molecule has 3 rings (SSSR count). The summed E-state index contributed by atoms with van der Waals surface area (Å²) in [6.07, 6.45) is 2.01. The van der Waals surface area contributed by atoms with E-state index >= 15 is 0 Å². The number of anilines is 1. The molecule has 0 bridgehead atoms. The predicted molar refractivity (Wildman–Crippen MR) is 92.6 cm³/mol. The van der Waals surface area contributed by atoms with Crippen LogP contribution in [0, 0.1) is 10.1 Å². The Hall–Kier alpha value is -2.96. The second-order valence-electron chi connectivity index (χ2n) is 5.85. The first-order valence-corrected chi connectivity index (χ1v) is 8.30. The van der Waals surface area contributed by atoms with Gasteiger partial charge in [-0.15, -0.1) is 0 Å². The third kappa shape index (κ3) is 3.45. The molecule has 7 nitrogen and oxygen atoms in total. The van der Waals surface area contributed by atoms with E-state index < -0.39 is 11.0 Å². The molecule has 1 aromatic carbocycles. The van der Waals surface area contributed by atoms with Crippen molar-refractivity contribution in [2.24, 2.45) is 0 Å². The highest BCUT2D eigenvalue weighted by molar-refractivity contribution is 5.99. The number of carbonyl (C=O) groups excluding carboxylic acids is 1. The SMILES string of the molecule is CCCCCN1C(=O)C(c2ccccc2)Oc2ccc([N+](=O)[O-])nc21. The van der Waals surface area contributed by atoms with Crippen molar-refractivity contribution in [1.82, 2.24) is 4.98 Å².